The first-order valence-corrected chi connectivity index (χ1v) is 8.00. The minimum Gasteiger partial charge on any atom is -0.368 e. The second kappa shape index (κ2) is 8.87. The fourth-order valence-corrected chi connectivity index (χ4v) is 2.94. The Labute approximate surface area is 151 Å². The molecule has 1 aliphatic rings. The molecule has 0 aliphatic carbocycles. The summed E-state index contributed by atoms with van der Waals surface area (Å²) in [7, 11) is 1.53. The minimum atomic E-state index is -4.34. The Balaban J connectivity index is 0.00000312. The summed E-state index contributed by atoms with van der Waals surface area (Å²) in [6.45, 7) is 3.27. The molecule has 1 unspecified atom stereocenters. The third-order valence-corrected chi connectivity index (χ3v) is 4.42. The van der Waals surface area contributed by atoms with E-state index < -0.39 is 17.3 Å². The molecule has 0 aromatic heterocycles. The number of hydrogen-bond acceptors (Lipinski definition) is 3. The van der Waals surface area contributed by atoms with Crippen molar-refractivity contribution in [1.82, 2.24) is 10.6 Å². The van der Waals surface area contributed by atoms with Crippen molar-refractivity contribution in [3.8, 4) is 0 Å². The van der Waals surface area contributed by atoms with Crippen molar-refractivity contribution in [3.63, 3.8) is 0 Å². The van der Waals surface area contributed by atoms with Crippen LogP contribution in [-0.2, 0) is 22.1 Å². The van der Waals surface area contributed by atoms with Crippen LogP contribution in [0, 0.1) is 0 Å². The van der Waals surface area contributed by atoms with Gasteiger partial charge in [0.15, 0.2) is 0 Å². The van der Waals surface area contributed by atoms with Gasteiger partial charge in [-0.3, -0.25) is 4.79 Å². The predicted molar refractivity (Wildman–Crippen MR) is 91.8 cm³/mol. The molecule has 0 spiro atoms. The van der Waals surface area contributed by atoms with Crippen molar-refractivity contribution in [1.29, 1.82) is 0 Å². The minimum absolute atomic E-state index is 0. The zero-order valence-corrected chi connectivity index (χ0v) is 15.1. The largest absolute Gasteiger partial charge is 0.416 e. The number of nitrogens with one attached hydrogen (secondary N) is 2. The summed E-state index contributed by atoms with van der Waals surface area (Å²) < 4.78 is 43.2. The first-order chi connectivity index (χ1) is 11.3. The van der Waals surface area contributed by atoms with Crippen LogP contribution in [-0.4, -0.2) is 37.7 Å². The molecule has 1 saturated heterocycles. The Morgan fingerprint density at radius 1 is 1.28 bits per heavy atom. The lowest BCUT2D eigenvalue weighted by molar-refractivity contribution is -0.147. The molecule has 8 heteroatoms. The highest BCUT2D eigenvalue weighted by atomic mass is 35.5. The molecule has 1 fully saturated rings. The maximum atomic E-state index is 12.6. The van der Waals surface area contributed by atoms with Crippen LogP contribution in [0.1, 0.15) is 30.9 Å². The van der Waals surface area contributed by atoms with Crippen molar-refractivity contribution in [2.24, 2.45) is 0 Å². The van der Waals surface area contributed by atoms with Gasteiger partial charge in [0.05, 0.1) is 5.56 Å². The number of halogens is 4. The molecular formula is C17H24ClF3N2O2. The second-order valence-electron chi connectivity index (χ2n) is 6.22. The molecule has 1 amide bonds. The summed E-state index contributed by atoms with van der Waals surface area (Å²) in [6, 6.07) is 4.82. The van der Waals surface area contributed by atoms with Gasteiger partial charge in [-0.15, -0.1) is 12.4 Å². The lowest BCUT2D eigenvalue weighted by atomic mass is 9.90. The number of carbonyl (C=O) groups excluding carboxylic acids is 1. The Morgan fingerprint density at radius 2 is 1.84 bits per heavy atom. The van der Waals surface area contributed by atoms with Gasteiger partial charge in [0.25, 0.3) is 5.91 Å². The zero-order chi connectivity index (χ0) is 17.8. The third-order valence-electron chi connectivity index (χ3n) is 4.42. The standard InChI is InChI=1S/C17H23F3N2O2.ClH/c1-12(11-13-3-5-14(6-4-13)17(18,19)20)22-15(23)16(24-2)7-9-21-10-8-16;/h3-6,12,21H,7-11H2,1-2H3,(H,22,23);1H. The van der Waals surface area contributed by atoms with Gasteiger partial charge in [-0.2, -0.15) is 13.2 Å². The van der Waals surface area contributed by atoms with Crippen LogP contribution in [0.25, 0.3) is 0 Å². The Kier molecular flexibility index (Phi) is 7.71. The van der Waals surface area contributed by atoms with Crippen LogP contribution < -0.4 is 10.6 Å². The van der Waals surface area contributed by atoms with Crippen molar-refractivity contribution >= 4 is 18.3 Å². The Morgan fingerprint density at radius 3 is 2.32 bits per heavy atom. The molecule has 0 bridgehead atoms. The average molecular weight is 381 g/mol. The number of hydrogen-bond donors (Lipinski definition) is 2. The Hall–Kier alpha value is -1.31. The fourth-order valence-electron chi connectivity index (χ4n) is 2.94. The van der Waals surface area contributed by atoms with E-state index in [1.807, 2.05) is 6.92 Å². The van der Waals surface area contributed by atoms with Gasteiger partial charge in [-0.1, -0.05) is 12.1 Å². The van der Waals surface area contributed by atoms with Gasteiger partial charge in [0.1, 0.15) is 5.60 Å². The highest BCUT2D eigenvalue weighted by molar-refractivity contribution is 5.86. The van der Waals surface area contributed by atoms with Gasteiger partial charge in [-0.25, -0.2) is 0 Å². The number of methoxy groups -OCH3 is 1. The van der Waals surface area contributed by atoms with E-state index in [0.29, 0.717) is 32.4 Å². The molecular weight excluding hydrogens is 357 g/mol. The van der Waals surface area contributed by atoms with E-state index in [-0.39, 0.29) is 24.4 Å². The van der Waals surface area contributed by atoms with Crippen molar-refractivity contribution in [2.75, 3.05) is 20.2 Å². The number of carbonyl (C=O) groups is 1. The van der Waals surface area contributed by atoms with Gasteiger partial charge in [-0.05, 0) is 57.0 Å². The highest BCUT2D eigenvalue weighted by Gasteiger charge is 2.40. The average Bonchev–Trinajstić information content (AvgIpc) is 2.55. The summed E-state index contributed by atoms with van der Waals surface area (Å²) in [4.78, 5) is 12.5. The molecule has 2 N–H and O–H groups in total. The van der Waals surface area contributed by atoms with Gasteiger partial charge in [0.2, 0.25) is 0 Å². The molecule has 1 aliphatic heterocycles. The number of alkyl halides is 3. The van der Waals surface area contributed by atoms with Gasteiger partial charge < -0.3 is 15.4 Å². The molecule has 0 saturated carbocycles. The van der Waals surface area contributed by atoms with Crippen LogP contribution in [0.15, 0.2) is 24.3 Å². The summed E-state index contributed by atoms with van der Waals surface area (Å²) in [6.07, 6.45) is -2.68. The van der Waals surface area contributed by atoms with E-state index in [9.17, 15) is 18.0 Å². The molecule has 1 aromatic carbocycles. The SMILES string of the molecule is COC1(C(=O)NC(C)Cc2ccc(C(F)(F)F)cc2)CCNCC1.Cl. The molecule has 1 heterocycles. The van der Waals surface area contributed by atoms with E-state index in [0.717, 1.165) is 17.7 Å². The van der Waals surface area contributed by atoms with Crippen molar-refractivity contribution in [2.45, 2.75) is 44.0 Å². The molecule has 2 rings (SSSR count). The summed E-state index contributed by atoms with van der Waals surface area (Å²) in [5, 5.41) is 6.11. The van der Waals surface area contributed by atoms with Crippen LogP contribution >= 0.6 is 12.4 Å². The quantitative estimate of drug-likeness (QED) is 0.825. The summed E-state index contributed by atoms with van der Waals surface area (Å²) in [5.74, 6) is -0.161. The molecule has 4 nitrogen and oxygen atoms in total. The van der Waals surface area contributed by atoms with E-state index in [4.69, 9.17) is 4.74 Å². The smallest absolute Gasteiger partial charge is 0.368 e. The number of benzene rings is 1. The topological polar surface area (TPSA) is 50.4 Å². The number of rotatable bonds is 5. The highest BCUT2D eigenvalue weighted by Crippen LogP contribution is 2.29. The molecule has 0 radical (unpaired) electrons. The normalized spacial score (nSPS) is 18.1. The Bertz CT molecular complexity index is 558. The number of piperidine rings is 1. The van der Waals surface area contributed by atoms with E-state index >= 15 is 0 Å². The maximum Gasteiger partial charge on any atom is 0.416 e. The van der Waals surface area contributed by atoms with Crippen LogP contribution in [0.4, 0.5) is 13.2 Å². The zero-order valence-electron chi connectivity index (χ0n) is 14.3. The van der Waals surface area contributed by atoms with Crippen LogP contribution in [0.3, 0.4) is 0 Å². The van der Waals surface area contributed by atoms with Gasteiger partial charge >= 0.3 is 6.18 Å². The molecule has 25 heavy (non-hydrogen) atoms. The lowest BCUT2D eigenvalue weighted by Gasteiger charge is -2.35. The van der Waals surface area contributed by atoms with Crippen LogP contribution in [0.5, 0.6) is 0 Å². The first-order valence-electron chi connectivity index (χ1n) is 8.00. The molecule has 142 valence electrons. The summed E-state index contributed by atoms with van der Waals surface area (Å²) >= 11 is 0. The maximum absolute atomic E-state index is 12.6. The molecule has 1 atom stereocenters. The first kappa shape index (κ1) is 21.7. The van der Waals surface area contributed by atoms with Crippen molar-refractivity contribution in [3.05, 3.63) is 35.4 Å². The van der Waals surface area contributed by atoms with Crippen molar-refractivity contribution < 1.29 is 22.7 Å². The van der Waals surface area contributed by atoms with E-state index in [2.05, 4.69) is 10.6 Å². The third kappa shape index (κ3) is 5.59. The van der Waals surface area contributed by atoms with Gasteiger partial charge in [0, 0.05) is 13.2 Å². The van der Waals surface area contributed by atoms with E-state index in [1.165, 1.54) is 19.2 Å². The summed E-state index contributed by atoms with van der Waals surface area (Å²) in [5.41, 5.74) is -0.747. The fraction of sp³-hybridized carbons (Fsp3) is 0.588. The number of ether oxygens (including phenoxy) is 1. The van der Waals surface area contributed by atoms with Crippen LogP contribution in [0.2, 0.25) is 0 Å². The predicted octanol–water partition coefficient (Wildman–Crippen LogP) is 2.94. The number of amides is 1. The lowest BCUT2D eigenvalue weighted by Crippen LogP contribution is -2.55. The second-order valence-corrected chi connectivity index (χ2v) is 6.22. The monoisotopic (exact) mass is 380 g/mol. The molecule has 1 aromatic rings. The van der Waals surface area contributed by atoms with E-state index in [1.54, 1.807) is 0 Å².